The molecule has 1 aromatic rings. The first-order valence-corrected chi connectivity index (χ1v) is 6.36. The molecule has 0 aliphatic carbocycles. The third-order valence-electron chi connectivity index (χ3n) is 3.24. The molecule has 0 spiro atoms. The van der Waals surface area contributed by atoms with Crippen LogP contribution < -0.4 is 4.90 Å². The Morgan fingerprint density at radius 2 is 2.39 bits per heavy atom. The number of anilines is 1. The number of ether oxygens (including phenoxy) is 1. The van der Waals surface area contributed by atoms with E-state index < -0.39 is 0 Å². The van der Waals surface area contributed by atoms with E-state index >= 15 is 0 Å². The average molecular weight is 251 g/mol. The smallest absolute Gasteiger partial charge is 0.152 e. The highest BCUT2D eigenvalue weighted by Crippen LogP contribution is 2.25. The summed E-state index contributed by atoms with van der Waals surface area (Å²) in [5, 5.41) is 0. The van der Waals surface area contributed by atoms with Crippen LogP contribution in [0.25, 0.3) is 0 Å². The van der Waals surface area contributed by atoms with Crippen molar-refractivity contribution >= 4 is 12.0 Å². The van der Waals surface area contributed by atoms with Gasteiger partial charge in [0.25, 0.3) is 0 Å². The highest BCUT2D eigenvalue weighted by atomic mass is 19.1. The lowest BCUT2D eigenvalue weighted by atomic mass is 10.1. The second-order valence-corrected chi connectivity index (χ2v) is 4.49. The van der Waals surface area contributed by atoms with Crippen LogP contribution in [-0.4, -0.2) is 32.1 Å². The third-order valence-corrected chi connectivity index (χ3v) is 3.24. The molecule has 0 N–H and O–H groups in total. The minimum absolute atomic E-state index is 0.202. The monoisotopic (exact) mass is 251 g/mol. The van der Waals surface area contributed by atoms with Gasteiger partial charge in [-0.1, -0.05) is 0 Å². The minimum Gasteiger partial charge on any atom is -0.377 e. The van der Waals surface area contributed by atoms with Crippen LogP contribution in [0.4, 0.5) is 10.1 Å². The van der Waals surface area contributed by atoms with Crippen molar-refractivity contribution in [3.8, 4) is 0 Å². The van der Waals surface area contributed by atoms with Crippen molar-refractivity contribution in [2.75, 3.05) is 24.6 Å². The summed E-state index contributed by atoms with van der Waals surface area (Å²) in [5.41, 5.74) is 1.21. The predicted octanol–water partition coefficient (Wildman–Crippen LogP) is 2.64. The Bertz CT molecular complexity index is 420. The van der Waals surface area contributed by atoms with E-state index in [0.717, 1.165) is 31.6 Å². The van der Waals surface area contributed by atoms with Crippen molar-refractivity contribution in [2.45, 2.75) is 25.9 Å². The Labute approximate surface area is 107 Å². The fourth-order valence-corrected chi connectivity index (χ4v) is 2.44. The van der Waals surface area contributed by atoms with Gasteiger partial charge in [0.05, 0.1) is 6.10 Å². The van der Waals surface area contributed by atoms with Crippen LogP contribution >= 0.6 is 0 Å². The van der Waals surface area contributed by atoms with Gasteiger partial charge in [-0.3, -0.25) is 4.79 Å². The molecule has 1 unspecified atom stereocenters. The lowest BCUT2D eigenvalue weighted by Gasteiger charge is -2.34. The molecule has 18 heavy (non-hydrogen) atoms. The highest BCUT2D eigenvalue weighted by Gasteiger charge is 2.22. The number of aldehydes is 1. The predicted molar refractivity (Wildman–Crippen MR) is 68.6 cm³/mol. The number of benzene rings is 1. The summed E-state index contributed by atoms with van der Waals surface area (Å²) in [6, 6.07) is 4.35. The van der Waals surface area contributed by atoms with Crippen molar-refractivity contribution in [2.24, 2.45) is 0 Å². The Morgan fingerprint density at radius 3 is 3.11 bits per heavy atom. The van der Waals surface area contributed by atoms with E-state index in [4.69, 9.17) is 4.74 Å². The van der Waals surface area contributed by atoms with E-state index in [-0.39, 0.29) is 11.9 Å². The molecule has 1 aliphatic heterocycles. The first-order valence-electron chi connectivity index (χ1n) is 6.36. The van der Waals surface area contributed by atoms with Crippen LogP contribution in [0.1, 0.15) is 30.1 Å². The zero-order valence-corrected chi connectivity index (χ0v) is 10.6. The second kappa shape index (κ2) is 5.96. The number of carbonyl (C=O) groups excluding carboxylic acids is 1. The molecular formula is C14H18FNO2. The van der Waals surface area contributed by atoms with Crippen LogP contribution in [0, 0.1) is 5.82 Å². The van der Waals surface area contributed by atoms with Crippen molar-refractivity contribution in [1.29, 1.82) is 0 Å². The summed E-state index contributed by atoms with van der Waals surface area (Å²) in [6.07, 6.45) is 2.98. The fraction of sp³-hybridized carbons (Fsp3) is 0.500. The quantitative estimate of drug-likeness (QED) is 0.770. The number of carbonyl (C=O) groups is 1. The first kappa shape index (κ1) is 13.0. The Hall–Kier alpha value is -1.42. The average Bonchev–Trinajstić information content (AvgIpc) is 2.39. The molecule has 1 fully saturated rings. The standard InChI is InChI=1S/C14H18FNO2/c1-2-18-13-4-3-7-16(9-13)14-6-5-12(15)8-11(14)10-17/h5-6,8,10,13H,2-4,7,9H2,1H3. The topological polar surface area (TPSA) is 29.5 Å². The molecule has 1 aromatic carbocycles. The van der Waals surface area contributed by atoms with Crippen molar-refractivity contribution in [3.05, 3.63) is 29.6 Å². The SMILES string of the molecule is CCOC1CCCN(c2ccc(F)cc2C=O)C1. The van der Waals surface area contributed by atoms with E-state index in [1.165, 1.54) is 12.1 Å². The summed E-state index contributed by atoms with van der Waals surface area (Å²) >= 11 is 0. The van der Waals surface area contributed by atoms with Crippen molar-refractivity contribution in [3.63, 3.8) is 0 Å². The number of nitrogens with zero attached hydrogens (tertiary/aromatic N) is 1. The number of hydrogen-bond donors (Lipinski definition) is 0. The van der Waals surface area contributed by atoms with Crippen LogP contribution in [0.2, 0.25) is 0 Å². The number of halogens is 1. The molecule has 0 amide bonds. The molecule has 0 bridgehead atoms. The summed E-state index contributed by atoms with van der Waals surface area (Å²) < 4.78 is 18.7. The van der Waals surface area contributed by atoms with E-state index in [2.05, 4.69) is 4.90 Å². The van der Waals surface area contributed by atoms with Crippen LogP contribution in [0.3, 0.4) is 0 Å². The largest absolute Gasteiger partial charge is 0.377 e. The van der Waals surface area contributed by atoms with E-state index in [0.29, 0.717) is 18.5 Å². The number of piperidine rings is 1. The summed E-state index contributed by atoms with van der Waals surface area (Å²) in [6.45, 7) is 4.33. The van der Waals surface area contributed by atoms with Gasteiger partial charge in [0.2, 0.25) is 0 Å². The maximum Gasteiger partial charge on any atom is 0.152 e. The lowest BCUT2D eigenvalue weighted by molar-refractivity contribution is 0.0526. The molecule has 1 saturated heterocycles. The van der Waals surface area contributed by atoms with Gasteiger partial charge in [-0.2, -0.15) is 0 Å². The minimum atomic E-state index is -0.376. The van der Waals surface area contributed by atoms with E-state index in [1.807, 2.05) is 6.92 Å². The van der Waals surface area contributed by atoms with Gasteiger partial charge in [-0.05, 0) is 38.0 Å². The van der Waals surface area contributed by atoms with Gasteiger partial charge in [0.15, 0.2) is 6.29 Å². The van der Waals surface area contributed by atoms with Gasteiger partial charge in [0, 0.05) is 30.9 Å². The van der Waals surface area contributed by atoms with Crippen LogP contribution in [-0.2, 0) is 4.74 Å². The number of hydrogen-bond acceptors (Lipinski definition) is 3. The molecule has 2 rings (SSSR count). The zero-order chi connectivity index (χ0) is 13.0. The summed E-state index contributed by atoms with van der Waals surface area (Å²) in [5.74, 6) is -0.376. The zero-order valence-electron chi connectivity index (χ0n) is 10.6. The summed E-state index contributed by atoms with van der Waals surface area (Å²) in [4.78, 5) is 13.1. The molecule has 1 aliphatic rings. The molecule has 0 saturated carbocycles. The molecule has 0 aromatic heterocycles. The van der Waals surface area contributed by atoms with Crippen LogP contribution in [0.5, 0.6) is 0 Å². The van der Waals surface area contributed by atoms with Gasteiger partial charge in [0.1, 0.15) is 5.82 Å². The molecule has 1 atom stereocenters. The second-order valence-electron chi connectivity index (χ2n) is 4.49. The summed E-state index contributed by atoms with van der Waals surface area (Å²) in [7, 11) is 0. The Balaban J connectivity index is 2.17. The van der Waals surface area contributed by atoms with E-state index in [1.54, 1.807) is 6.07 Å². The molecule has 1 heterocycles. The van der Waals surface area contributed by atoms with Gasteiger partial charge in [-0.25, -0.2) is 4.39 Å². The van der Waals surface area contributed by atoms with Gasteiger partial charge >= 0.3 is 0 Å². The molecule has 3 nitrogen and oxygen atoms in total. The van der Waals surface area contributed by atoms with Crippen molar-refractivity contribution in [1.82, 2.24) is 0 Å². The maximum absolute atomic E-state index is 13.1. The van der Waals surface area contributed by atoms with Gasteiger partial charge < -0.3 is 9.64 Å². The van der Waals surface area contributed by atoms with Crippen molar-refractivity contribution < 1.29 is 13.9 Å². The maximum atomic E-state index is 13.1. The highest BCUT2D eigenvalue weighted by molar-refractivity contribution is 5.84. The Morgan fingerprint density at radius 1 is 1.56 bits per heavy atom. The normalized spacial score (nSPS) is 19.9. The number of rotatable bonds is 4. The van der Waals surface area contributed by atoms with Gasteiger partial charge in [-0.15, -0.1) is 0 Å². The molecule has 98 valence electrons. The third kappa shape index (κ3) is 2.88. The van der Waals surface area contributed by atoms with Crippen LogP contribution in [0.15, 0.2) is 18.2 Å². The van der Waals surface area contributed by atoms with E-state index in [9.17, 15) is 9.18 Å². The Kier molecular flexibility index (Phi) is 4.31. The molecular weight excluding hydrogens is 233 g/mol. The fourth-order valence-electron chi connectivity index (χ4n) is 2.44. The molecule has 4 heteroatoms. The first-order chi connectivity index (χ1) is 8.74. The lowest BCUT2D eigenvalue weighted by Crippen LogP contribution is -2.40. The molecule has 0 radical (unpaired) electrons.